The molecular formula is C16H20OP. The lowest BCUT2D eigenvalue weighted by atomic mass is 10.1. The largest absolute Gasteiger partial charge is 0.282 e. The maximum Gasteiger partial charge on any atom is 0.101 e. The van der Waals surface area contributed by atoms with E-state index < -0.39 is 7.80 Å². The van der Waals surface area contributed by atoms with Crippen LogP contribution in [0.15, 0.2) is 48.5 Å². The Hall–Kier alpha value is -1.46. The highest BCUT2D eigenvalue weighted by atomic mass is 31.1. The molecule has 95 valence electrons. The van der Waals surface area contributed by atoms with Crippen molar-refractivity contribution in [1.82, 2.24) is 0 Å². The maximum absolute atomic E-state index is 10.8. The van der Waals surface area contributed by atoms with Gasteiger partial charge in [0, 0.05) is 12.0 Å². The summed E-state index contributed by atoms with van der Waals surface area (Å²) in [5, 5.41) is 0.924. The fourth-order valence-electron chi connectivity index (χ4n) is 1.84. The number of hydrogen-bond donors (Lipinski definition) is 0. The summed E-state index contributed by atoms with van der Waals surface area (Å²) in [6.45, 7) is 8.09. The first kappa shape index (κ1) is 14.6. The molecule has 0 saturated carbocycles. The van der Waals surface area contributed by atoms with Crippen molar-refractivity contribution in [3.63, 3.8) is 0 Å². The average Bonchev–Trinajstić information content (AvgIpc) is 2.29. The minimum absolute atomic E-state index is 0.924. The van der Waals surface area contributed by atoms with E-state index in [4.69, 9.17) is 0 Å². The van der Waals surface area contributed by atoms with Crippen LogP contribution in [0, 0.1) is 20.8 Å². The molecule has 1 atom stereocenters. The quantitative estimate of drug-likeness (QED) is 0.694. The van der Waals surface area contributed by atoms with Gasteiger partial charge in [-0.3, -0.25) is 4.57 Å². The van der Waals surface area contributed by atoms with Crippen LogP contribution in [0.3, 0.4) is 0 Å². The normalized spacial score (nSPS) is 10.3. The Morgan fingerprint density at radius 1 is 0.778 bits per heavy atom. The molecule has 0 amide bonds. The maximum atomic E-state index is 10.8. The van der Waals surface area contributed by atoms with Gasteiger partial charge >= 0.3 is 0 Å². The van der Waals surface area contributed by atoms with Crippen LogP contribution < -0.4 is 5.30 Å². The zero-order valence-electron chi connectivity index (χ0n) is 11.5. The molecular weight excluding hydrogens is 239 g/mol. The monoisotopic (exact) mass is 259 g/mol. The number of aryl methyl sites for hydroxylation is 3. The van der Waals surface area contributed by atoms with Crippen molar-refractivity contribution in [3.05, 3.63) is 65.2 Å². The van der Waals surface area contributed by atoms with Crippen LogP contribution in [-0.4, -0.2) is 6.66 Å². The summed E-state index contributed by atoms with van der Waals surface area (Å²) in [4.78, 5) is 0. The van der Waals surface area contributed by atoms with Crippen LogP contribution in [0.2, 0.25) is 0 Å². The van der Waals surface area contributed by atoms with Crippen molar-refractivity contribution in [3.8, 4) is 0 Å². The Labute approximate surface area is 111 Å². The van der Waals surface area contributed by atoms with Crippen LogP contribution in [0.25, 0.3) is 0 Å². The number of hydrogen-bond acceptors (Lipinski definition) is 1. The molecule has 2 aromatic rings. The Morgan fingerprint density at radius 2 is 1.17 bits per heavy atom. The molecule has 0 fully saturated rings. The fraction of sp³-hybridized carbons (Fsp3) is 0.250. The van der Waals surface area contributed by atoms with E-state index in [1.54, 1.807) is 6.66 Å². The van der Waals surface area contributed by atoms with Crippen LogP contribution in [0.4, 0.5) is 0 Å². The molecule has 0 aromatic heterocycles. The van der Waals surface area contributed by atoms with Crippen molar-refractivity contribution >= 4 is 13.1 Å². The summed E-state index contributed by atoms with van der Waals surface area (Å²) in [6.07, 6.45) is 0. The van der Waals surface area contributed by atoms with E-state index in [-0.39, 0.29) is 0 Å². The Bertz CT molecular complexity index is 467. The number of benzene rings is 2. The van der Waals surface area contributed by atoms with E-state index in [1.165, 1.54) is 16.7 Å². The third-order valence-corrected chi connectivity index (χ3v) is 3.51. The molecule has 1 nitrogen and oxygen atoms in total. The SMILES string of the molecule is C[P](=O)c1ccccc1.Cc1cc(C)cc(C)c1. The minimum atomic E-state index is -1.15. The lowest BCUT2D eigenvalue weighted by molar-refractivity contribution is 0.596. The predicted molar refractivity (Wildman–Crippen MR) is 80.3 cm³/mol. The third-order valence-electron chi connectivity index (χ3n) is 2.49. The molecule has 0 spiro atoms. The van der Waals surface area contributed by atoms with Gasteiger partial charge in [-0.2, -0.15) is 0 Å². The topological polar surface area (TPSA) is 17.1 Å². The first-order valence-corrected chi connectivity index (χ1v) is 7.70. The Kier molecular flexibility index (Phi) is 5.74. The van der Waals surface area contributed by atoms with Gasteiger partial charge in [-0.05, 0) is 32.9 Å². The van der Waals surface area contributed by atoms with Crippen LogP contribution in [0.1, 0.15) is 16.7 Å². The van der Waals surface area contributed by atoms with Gasteiger partial charge in [0.25, 0.3) is 0 Å². The average molecular weight is 259 g/mol. The summed E-state index contributed by atoms with van der Waals surface area (Å²) in [7, 11) is -1.15. The van der Waals surface area contributed by atoms with Gasteiger partial charge in [0.15, 0.2) is 0 Å². The summed E-state index contributed by atoms with van der Waals surface area (Å²) in [6, 6.07) is 16.0. The standard InChI is InChI=1S/C9H12.C7H8OP/c1-7-4-8(2)6-9(3)5-7;1-9(8)7-5-3-2-4-6-7/h4-6H,1-3H3;2-6H,1H3. The van der Waals surface area contributed by atoms with Crippen molar-refractivity contribution < 1.29 is 4.57 Å². The molecule has 0 saturated heterocycles. The zero-order valence-corrected chi connectivity index (χ0v) is 12.4. The van der Waals surface area contributed by atoms with E-state index in [0.29, 0.717) is 0 Å². The van der Waals surface area contributed by atoms with Gasteiger partial charge in [0.05, 0.1) is 0 Å². The molecule has 0 aliphatic rings. The first-order valence-electron chi connectivity index (χ1n) is 6.00. The Balaban J connectivity index is 0.000000180. The fourth-order valence-corrected chi connectivity index (χ4v) is 2.43. The van der Waals surface area contributed by atoms with E-state index in [2.05, 4.69) is 39.0 Å². The van der Waals surface area contributed by atoms with E-state index in [1.807, 2.05) is 30.3 Å². The lowest BCUT2D eigenvalue weighted by Crippen LogP contribution is -1.91. The highest BCUT2D eigenvalue weighted by Gasteiger charge is 1.91. The zero-order chi connectivity index (χ0) is 13.5. The van der Waals surface area contributed by atoms with Crippen molar-refractivity contribution in [1.29, 1.82) is 0 Å². The van der Waals surface area contributed by atoms with Gasteiger partial charge < -0.3 is 0 Å². The van der Waals surface area contributed by atoms with E-state index in [9.17, 15) is 4.57 Å². The van der Waals surface area contributed by atoms with Gasteiger partial charge in [0.1, 0.15) is 7.80 Å². The molecule has 0 aliphatic carbocycles. The second kappa shape index (κ2) is 7.08. The Morgan fingerprint density at radius 3 is 1.44 bits per heavy atom. The molecule has 2 rings (SSSR count). The summed E-state index contributed by atoms with van der Waals surface area (Å²) in [5.74, 6) is 0. The molecule has 0 bridgehead atoms. The highest BCUT2D eigenvalue weighted by Crippen LogP contribution is 2.11. The smallest absolute Gasteiger partial charge is 0.101 e. The van der Waals surface area contributed by atoms with Crippen molar-refractivity contribution in [2.45, 2.75) is 20.8 Å². The van der Waals surface area contributed by atoms with E-state index in [0.717, 1.165) is 5.30 Å². The summed E-state index contributed by atoms with van der Waals surface area (Å²) in [5.41, 5.74) is 4.06. The second-order valence-corrected chi connectivity index (χ2v) is 6.01. The molecule has 1 radical (unpaired) electrons. The molecule has 2 aromatic carbocycles. The molecule has 1 unspecified atom stereocenters. The number of rotatable bonds is 1. The molecule has 2 heteroatoms. The lowest BCUT2D eigenvalue weighted by Gasteiger charge is -1.96. The summed E-state index contributed by atoms with van der Waals surface area (Å²) < 4.78 is 10.8. The van der Waals surface area contributed by atoms with Crippen LogP contribution in [0.5, 0.6) is 0 Å². The predicted octanol–water partition coefficient (Wildman–Crippen LogP) is 4.38. The minimum Gasteiger partial charge on any atom is -0.282 e. The van der Waals surface area contributed by atoms with E-state index >= 15 is 0 Å². The second-order valence-electron chi connectivity index (χ2n) is 4.50. The molecule has 0 N–H and O–H groups in total. The first-order chi connectivity index (χ1) is 8.49. The molecule has 0 heterocycles. The van der Waals surface area contributed by atoms with Crippen molar-refractivity contribution in [2.24, 2.45) is 0 Å². The van der Waals surface area contributed by atoms with Gasteiger partial charge in [0.2, 0.25) is 0 Å². The van der Waals surface area contributed by atoms with Crippen molar-refractivity contribution in [2.75, 3.05) is 6.66 Å². The molecule has 0 aliphatic heterocycles. The third kappa shape index (κ3) is 5.25. The van der Waals surface area contributed by atoms with Crippen LogP contribution >= 0.6 is 7.80 Å². The van der Waals surface area contributed by atoms with Crippen LogP contribution in [-0.2, 0) is 4.57 Å². The molecule has 18 heavy (non-hydrogen) atoms. The highest BCUT2D eigenvalue weighted by molar-refractivity contribution is 7.52. The van der Waals surface area contributed by atoms with Gasteiger partial charge in [-0.15, -0.1) is 0 Å². The van der Waals surface area contributed by atoms with Gasteiger partial charge in [-0.1, -0.05) is 53.1 Å². The van der Waals surface area contributed by atoms with Gasteiger partial charge in [-0.25, -0.2) is 0 Å². The summed E-state index contributed by atoms with van der Waals surface area (Å²) >= 11 is 0.